The van der Waals surface area contributed by atoms with Gasteiger partial charge in [-0.1, -0.05) is 17.7 Å². The van der Waals surface area contributed by atoms with Gasteiger partial charge in [-0.25, -0.2) is 9.24 Å². The fourth-order valence-electron chi connectivity index (χ4n) is 10.1. The van der Waals surface area contributed by atoms with Gasteiger partial charge in [-0.05, 0) is 92.6 Å². The molecule has 9 rings (SSSR count). The zero-order valence-electron chi connectivity index (χ0n) is 33.0. The van der Waals surface area contributed by atoms with Crippen molar-refractivity contribution in [3.63, 3.8) is 0 Å². The molecule has 5 saturated heterocycles. The zero-order valence-corrected chi connectivity index (χ0v) is 33.7. The highest BCUT2D eigenvalue weighted by Gasteiger charge is 2.48. The number of nitrogens with zero attached hydrogens (tertiary/aromatic N) is 7. The van der Waals surface area contributed by atoms with Crippen molar-refractivity contribution in [2.45, 2.75) is 56.8 Å². The van der Waals surface area contributed by atoms with Crippen LogP contribution in [-0.2, 0) is 9.59 Å². The predicted molar refractivity (Wildman–Crippen MR) is 221 cm³/mol. The summed E-state index contributed by atoms with van der Waals surface area (Å²) < 4.78 is 16.0. The summed E-state index contributed by atoms with van der Waals surface area (Å²) in [5.74, 6) is -2.28. The van der Waals surface area contributed by atoms with Crippen LogP contribution in [0.3, 0.4) is 0 Å². The van der Waals surface area contributed by atoms with Gasteiger partial charge in [0.25, 0.3) is 17.7 Å². The van der Waals surface area contributed by atoms with Crippen LogP contribution >= 0.6 is 11.6 Å². The van der Waals surface area contributed by atoms with Crippen LogP contribution in [0.25, 0.3) is 4.85 Å². The number of fused-ring (bicyclic) bond motifs is 1. The molecule has 2 unspecified atom stereocenters. The quantitative estimate of drug-likeness (QED) is 0.255. The van der Waals surface area contributed by atoms with Gasteiger partial charge in [-0.2, -0.15) is 0 Å². The lowest BCUT2D eigenvalue weighted by Crippen LogP contribution is -2.65. The molecule has 3 aromatic rings. The summed E-state index contributed by atoms with van der Waals surface area (Å²) in [5, 5.41) is 2.70. The Hall–Kier alpha value is -5.52. The Labute approximate surface area is 347 Å². The van der Waals surface area contributed by atoms with Gasteiger partial charge >= 0.3 is 0 Å². The molecule has 0 aliphatic carbocycles. The van der Waals surface area contributed by atoms with Gasteiger partial charge in [-0.15, -0.1) is 0 Å². The van der Waals surface area contributed by atoms with E-state index in [9.17, 15) is 24.0 Å². The first-order valence-corrected chi connectivity index (χ1v) is 20.8. The molecule has 1 spiro atoms. The van der Waals surface area contributed by atoms with Gasteiger partial charge in [0.2, 0.25) is 17.5 Å². The van der Waals surface area contributed by atoms with E-state index in [1.807, 2.05) is 52.3 Å². The molecule has 0 aromatic heterocycles. The molecule has 13 nitrogen and oxygen atoms in total. The van der Waals surface area contributed by atoms with Crippen LogP contribution in [-0.4, -0.2) is 127 Å². The number of piperazine rings is 1. The summed E-state index contributed by atoms with van der Waals surface area (Å²) in [5.41, 5.74) is 3.06. The number of nitrogens with one attached hydrogen (secondary N) is 1. The van der Waals surface area contributed by atoms with Crippen molar-refractivity contribution in [1.82, 2.24) is 20.0 Å². The maximum atomic E-state index is 16.0. The van der Waals surface area contributed by atoms with Crippen molar-refractivity contribution in [3.05, 3.63) is 93.8 Å². The van der Waals surface area contributed by atoms with Crippen LogP contribution in [0.5, 0.6) is 0 Å². The normalized spacial score (nSPS) is 24.0. The van der Waals surface area contributed by atoms with E-state index in [2.05, 4.69) is 31.8 Å². The third kappa shape index (κ3) is 7.18. The third-order valence-corrected chi connectivity index (χ3v) is 13.7. The number of imide groups is 2. The van der Waals surface area contributed by atoms with Gasteiger partial charge in [0.15, 0.2) is 5.67 Å². The number of rotatable bonds is 7. The number of piperidine rings is 2. The standard InChI is InChI=1S/C44H46ClFN8O5/c1-28-23-43(24-53(28)32-8-10-36(47-2)35(45)22-32)13-15-50(16-14-43)30-5-3-29(4-6-30)40(57)51-19-17-49(18-20-51)25-44(46)26-52(27-44)31-7-9-33-34(21-31)42(59)54(41(33)58)37-11-12-38(55)48-39(37)56/h3-10,21-22,28,37H,11-20,23-27H2,1H3,(H,48,55,56). The second-order valence-electron chi connectivity index (χ2n) is 17.2. The van der Waals surface area contributed by atoms with Gasteiger partial charge in [-0.3, -0.25) is 39.1 Å². The summed E-state index contributed by atoms with van der Waals surface area (Å²) in [6, 6.07) is 17.8. The summed E-state index contributed by atoms with van der Waals surface area (Å²) >= 11 is 6.38. The maximum absolute atomic E-state index is 16.0. The Balaban J connectivity index is 0.734. The zero-order chi connectivity index (χ0) is 41.2. The Kier molecular flexibility index (Phi) is 9.87. The molecular formula is C44H46ClFN8O5. The second-order valence-corrected chi connectivity index (χ2v) is 17.6. The van der Waals surface area contributed by atoms with Crippen molar-refractivity contribution >= 4 is 63.9 Å². The second kappa shape index (κ2) is 14.9. The Morgan fingerprint density at radius 1 is 0.847 bits per heavy atom. The van der Waals surface area contributed by atoms with E-state index in [4.69, 9.17) is 18.2 Å². The van der Waals surface area contributed by atoms with Crippen molar-refractivity contribution in [1.29, 1.82) is 0 Å². The number of carbonyl (C=O) groups is 5. The lowest BCUT2D eigenvalue weighted by atomic mass is 9.76. The van der Waals surface area contributed by atoms with Crippen LogP contribution in [0.2, 0.25) is 5.02 Å². The molecule has 59 heavy (non-hydrogen) atoms. The van der Waals surface area contributed by atoms with Crippen LogP contribution in [0.4, 0.5) is 27.1 Å². The minimum absolute atomic E-state index is 0.0241. The smallest absolute Gasteiger partial charge is 0.262 e. The molecule has 0 saturated carbocycles. The van der Waals surface area contributed by atoms with E-state index in [0.29, 0.717) is 54.2 Å². The van der Waals surface area contributed by atoms with Crippen LogP contribution in [0.15, 0.2) is 60.7 Å². The first-order valence-electron chi connectivity index (χ1n) is 20.4. The molecule has 6 heterocycles. The summed E-state index contributed by atoms with van der Waals surface area (Å²) in [6.07, 6.45) is 3.40. The molecule has 6 aliphatic rings. The van der Waals surface area contributed by atoms with Gasteiger partial charge in [0, 0.05) is 92.5 Å². The molecule has 5 fully saturated rings. The number of hydrogen-bond donors (Lipinski definition) is 1. The third-order valence-electron chi connectivity index (χ3n) is 13.4. The Morgan fingerprint density at radius 3 is 2.20 bits per heavy atom. The molecule has 5 amide bonds. The number of carbonyl (C=O) groups excluding carboxylic acids is 5. The van der Waals surface area contributed by atoms with Gasteiger partial charge < -0.3 is 19.6 Å². The maximum Gasteiger partial charge on any atom is 0.262 e. The van der Waals surface area contributed by atoms with Gasteiger partial charge in [0.05, 0.1) is 30.8 Å². The lowest BCUT2D eigenvalue weighted by molar-refractivity contribution is -0.136. The van der Waals surface area contributed by atoms with Crippen LogP contribution in [0.1, 0.15) is 70.1 Å². The number of amides is 5. The predicted octanol–water partition coefficient (Wildman–Crippen LogP) is 5.16. The number of anilines is 3. The summed E-state index contributed by atoms with van der Waals surface area (Å²) in [6.45, 7) is 15.0. The van der Waals surface area contributed by atoms with E-state index in [1.165, 1.54) is 0 Å². The van der Waals surface area contributed by atoms with Gasteiger partial charge in [0.1, 0.15) is 6.04 Å². The van der Waals surface area contributed by atoms with E-state index >= 15 is 4.39 Å². The average molecular weight is 821 g/mol. The van der Waals surface area contributed by atoms with Crippen LogP contribution in [0, 0.1) is 12.0 Å². The van der Waals surface area contributed by atoms with E-state index < -0.39 is 35.3 Å². The molecule has 6 aliphatic heterocycles. The molecule has 2 atom stereocenters. The molecule has 306 valence electrons. The highest BCUT2D eigenvalue weighted by molar-refractivity contribution is 6.33. The largest absolute Gasteiger partial charge is 0.371 e. The first-order chi connectivity index (χ1) is 28.3. The highest BCUT2D eigenvalue weighted by atomic mass is 35.5. The van der Waals surface area contributed by atoms with Crippen molar-refractivity contribution in [3.8, 4) is 0 Å². The molecule has 3 aromatic carbocycles. The molecule has 15 heteroatoms. The molecule has 0 bridgehead atoms. The average Bonchev–Trinajstić information content (AvgIpc) is 3.67. The monoisotopic (exact) mass is 820 g/mol. The minimum Gasteiger partial charge on any atom is -0.371 e. The topological polar surface area (TPSA) is 121 Å². The fraction of sp³-hybridized carbons (Fsp3) is 0.455. The summed E-state index contributed by atoms with van der Waals surface area (Å²) in [7, 11) is 0. The van der Waals surface area contributed by atoms with E-state index in [0.717, 1.165) is 55.2 Å². The Morgan fingerprint density at radius 2 is 1.53 bits per heavy atom. The Bertz CT molecular complexity index is 2280. The SMILES string of the molecule is [C-]#[N+]c1ccc(N2CC3(CCN(c4ccc(C(=O)N5CCN(CC6(F)CN(c7ccc8c(c7)C(=O)N(C7CCC(=O)NC7=O)C8=O)C6)CC5)cc4)CC3)CC2C)cc1Cl. The lowest BCUT2D eigenvalue weighted by Gasteiger charge is -2.49. The van der Waals surface area contributed by atoms with Crippen molar-refractivity contribution < 1.29 is 28.4 Å². The van der Waals surface area contributed by atoms with Crippen LogP contribution < -0.4 is 20.0 Å². The van der Waals surface area contributed by atoms with E-state index in [-0.39, 0.29) is 54.9 Å². The number of halogens is 2. The minimum atomic E-state index is -1.47. The number of alkyl halides is 1. The number of hydrogen-bond acceptors (Lipinski definition) is 9. The first kappa shape index (κ1) is 39.0. The molecular weight excluding hydrogens is 775 g/mol. The van der Waals surface area contributed by atoms with E-state index in [1.54, 1.807) is 18.2 Å². The number of benzene rings is 3. The summed E-state index contributed by atoms with van der Waals surface area (Å²) in [4.78, 5) is 78.8. The molecule has 1 N–H and O–H groups in total. The highest BCUT2D eigenvalue weighted by Crippen LogP contribution is 2.46. The van der Waals surface area contributed by atoms with Crippen molar-refractivity contribution in [2.75, 3.05) is 80.1 Å². The molecule has 0 radical (unpaired) electrons. The fourth-order valence-corrected chi connectivity index (χ4v) is 10.3. The van der Waals surface area contributed by atoms with Crippen molar-refractivity contribution in [2.24, 2.45) is 5.41 Å².